The van der Waals surface area contributed by atoms with Gasteiger partial charge in [0.2, 0.25) is 6.29 Å². The molecule has 9 heteroatoms. The molecule has 6 atom stereocenters. The topological polar surface area (TPSA) is 101 Å². The number of benzene rings is 2. The van der Waals surface area contributed by atoms with Crippen LogP contribution in [0.1, 0.15) is 25.0 Å². The fourth-order valence-electron chi connectivity index (χ4n) is 4.10. The number of hydrogen-bond donors (Lipinski definition) is 1. The molecule has 2 aliphatic heterocycles. The third kappa shape index (κ3) is 5.99. The minimum atomic E-state index is -1.89. The normalized spacial score (nSPS) is 28.2. The molecule has 8 nitrogen and oxygen atoms in total. The highest BCUT2D eigenvalue weighted by Gasteiger charge is 2.54. The molecule has 0 radical (unpaired) electrons. The SMILES string of the molecule is CCOC(=O)C1=C(C)O[C@H]2O[C@H](COCc3ccccc3)[C@@H](O)[C@H](OCc3ccccc3)[C@H]2S1=O. The fraction of sp³-hybridized carbons (Fsp3) is 0.423. The Hall–Kier alpha value is -2.56. The van der Waals surface area contributed by atoms with Gasteiger partial charge in [0.25, 0.3) is 0 Å². The molecule has 0 saturated carbocycles. The van der Waals surface area contributed by atoms with Gasteiger partial charge in [0.05, 0.1) is 37.2 Å². The van der Waals surface area contributed by atoms with Crippen LogP contribution >= 0.6 is 0 Å². The average Bonchev–Trinajstić information content (AvgIpc) is 2.85. The summed E-state index contributed by atoms with van der Waals surface area (Å²) in [6.07, 6.45) is -3.86. The number of ether oxygens (including phenoxy) is 5. The molecule has 2 aromatic carbocycles. The van der Waals surface area contributed by atoms with Crippen molar-refractivity contribution in [3.05, 3.63) is 82.5 Å². The number of hydrogen-bond acceptors (Lipinski definition) is 8. The standard InChI is InChI=1S/C26H30O8S/c1-3-31-25(28)23-17(2)33-26-24(35(23)29)22(32-15-19-12-8-5-9-13-19)21(27)20(34-26)16-30-14-18-10-6-4-7-11-18/h4-13,20-22,24,26-27H,3,14-16H2,1-2H3/t20-,21-,22+,24-,26+,35?/m1/s1. The van der Waals surface area contributed by atoms with Gasteiger partial charge < -0.3 is 28.8 Å². The number of allylic oxidation sites excluding steroid dienone is 1. The Kier molecular flexibility index (Phi) is 8.69. The van der Waals surface area contributed by atoms with Crippen LogP contribution in [0.4, 0.5) is 0 Å². The van der Waals surface area contributed by atoms with Crippen LogP contribution in [0.25, 0.3) is 0 Å². The van der Waals surface area contributed by atoms with E-state index in [4.69, 9.17) is 23.7 Å². The molecular formula is C26H30O8S. The summed E-state index contributed by atoms with van der Waals surface area (Å²) in [6.45, 7) is 3.95. The zero-order chi connectivity index (χ0) is 24.8. The largest absolute Gasteiger partial charge is 0.467 e. The number of fused-ring (bicyclic) bond motifs is 1. The highest BCUT2D eigenvalue weighted by atomic mass is 32.2. The molecule has 35 heavy (non-hydrogen) atoms. The predicted octanol–water partition coefficient (Wildman–Crippen LogP) is 2.82. The van der Waals surface area contributed by atoms with Gasteiger partial charge in [-0.2, -0.15) is 0 Å². The van der Waals surface area contributed by atoms with Crippen LogP contribution in [-0.2, 0) is 52.5 Å². The highest BCUT2D eigenvalue weighted by Crippen LogP contribution is 2.37. The van der Waals surface area contributed by atoms with Gasteiger partial charge in [-0.1, -0.05) is 60.7 Å². The summed E-state index contributed by atoms with van der Waals surface area (Å²) in [5.74, 6) is -0.545. The van der Waals surface area contributed by atoms with Crippen LogP contribution in [0.15, 0.2) is 71.3 Å². The van der Waals surface area contributed by atoms with Crippen molar-refractivity contribution in [2.75, 3.05) is 13.2 Å². The molecular weight excluding hydrogens is 472 g/mol. The van der Waals surface area contributed by atoms with Crippen molar-refractivity contribution < 1.29 is 37.8 Å². The van der Waals surface area contributed by atoms with E-state index < -0.39 is 46.6 Å². The number of carbonyl (C=O) groups excluding carboxylic acids is 1. The third-order valence-electron chi connectivity index (χ3n) is 5.82. The van der Waals surface area contributed by atoms with Gasteiger partial charge >= 0.3 is 5.97 Å². The maximum atomic E-state index is 13.5. The van der Waals surface area contributed by atoms with Gasteiger partial charge in [-0.15, -0.1) is 0 Å². The molecule has 0 bridgehead atoms. The van der Waals surface area contributed by atoms with E-state index in [-0.39, 0.29) is 30.5 Å². The van der Waals surface area contributed by atoms with E-state index in [2.05, 4.69) is 0 Å². The zero-order valence-electron chi connectivity index (χ0n) is 19.7. The lowest BCUT2D eigenvalue weighted by Gasteiger charge is -2.45. The molecule has 1 N–H and O–H groups in total. The summed E-state index contributed by atoms with van der Waals surface area (Å²) in [5.41, 5.74) is 1.87. The van der Waals surface area contributed by atoms with Crippen molar-refractivity contribution in [2.45, 2.75) is 56.9 Å². The van der Waals surface area contributed by atoms with E-state index in [0.717, 1.165) is 11.1 Å². The van der Waals surface area contributed by atoms with Crippen molar-refractivity contribution in [2.24, 2.45) is 0 Å². The molecule has 0 aromatic heterocycles. The first-order valence-electron chi connectivity index (χ1n) is 11.6. The van der Waals surface area contributed by atoms with E-state index in [9.17, 15) is 14.1 Å². The summed E-state index contributed by atoms with van der Waals surface area (Å²) in [7, 11) is -1.89. The van der Waals surface area contributed by atoms with Gasteiger partial charge in [-0.05, 0) is 25.0 Å². The molecule has 0 spiro atoms. The number of aliphatic hydroxyl groups excluding tert-OH is 1. The molecule has 2 aliphatic rings. The third-order valence-corrected chi connectivity index (χ3v) is 7.66. The van der Waals surface area contributed by atoms with Crippen LogP contribution in [0, 0.1) is 0 Å². The van der Waals surface area contributed by atoms with Crippen molar-refractivity contribution in [1.82, 2.24) is 0 Å². The minimum Gasteiger partial charge on any atom is -0.467 e. The Balaban J connectivity index is 1.54. The van der Waals surface area contributed by atoms with Crippen LogP contribution in [0.3, 0.4) is 0 Å². The number of carbonyl (C=O) groups is 1. The smallest absolute Gasteiger partial charge is 0.350 e. The van der Waals surface area contributed by atoms with Gasteiger partial charge in [-0.3, -0.25) is 4.21 Å². The zero-order valence-corrected chi connectivity index (χ0v) is 20.5. The van der Waals surface area contributed by atoms with Crippen LogP contribution in [-0.4, -0.2) is 58.4 Å². The first-order valence-corrected chi connectivity index (χ1v) is 12.8. The maximum Gasteiger partial charge on any atom is 0.350 e. The van der Waals surface area contributed by atoms with Crippen molar-refractivity contribution in [1.29, 1.82) is 0 Å². The van der Waals surface area contributed by atoms with Crippen LogP contribution in [0.5, 0.6) is 0 Å². The summed E-state index contributed by atoms with van der Waals surface area (Å²) in [6, 6.07) is 19.1. The molecule has 1 fully saturated rings. The van der Waals surface area contributed by atoms with Crippen molar-refractivity contribution in [3.63, 3.8) is 0 Å². The average molecular weight is 503 g/mol. The number of rotatable bonds is 9. The van der Waals surface area contributed by atoms with Gasteiger partial charge in [0, 0.05) is 0 Å². The van der Waals surface area contributed by atoms with Crippen molar-refractivity contribution in [3.8, 4) is 0 Å². The lowest BCUT2D eigenvalue weighted by molar-refractivity contribution is -0.255. The number of esters is 1. The molecule has 2 aromatic rings. The second-order valence-corrected chi connectivity index (χ2v) is 9.83. The minimum absolute atomic E-state index is 0.0732. The molecule has 188 valence electrons. The summed E-state index contributed by atoms with van der Waals surface area (Å²) >= 11 is 0. The van der Waals surface area contributed by atoms with E-state index >= 15 is 0 Å². The Morgan fingerprint density at radius 2 is 1.66 bits per heavy atom. The molecule has 2 heterocycles. The summed E-state index contributed by atoms with van der Waals surface area (Å²) < 4.78 is 42.4. The van der Waals surface area contributed by atoms with Gasteiger partial charge in [0.15, 0.2) is 4.91 Å². The van der Waals surface area contributed by atoms with E-state index in [0.29, 0.717) is 6.61 Å². The predicted molar refractivity (Wildman–Crippen MR) is 128 cm³/mol. The fourth-order valence-corrected chi connectivity index (χ4v) is 5.73. The molecule has 4 rings (SSSR count). The van der Waals surface area contributed by atoms with Crippen LogP contribution in [0.2, 0.25) is 0 Å². The second kappa shape index (κ2) is 11.9. The highest BCUT2D eigenvalue weighted by molar-refractivity contribution is 7.90. The lowest BCUT2D eigenvalue weighted by atomic mass is 10.0. The second-order valence-electron chi connectivity index (χ2n) is 8.28. The van der Waals surface area contributed by atoms with E-state index in [1.165, 1.54) is 0 Å². The van der Waals surface area contributed by atoms with E-state index in [1.54, 1.807) is 13.8 Å². The first kappa shape index (κ1) is 25.5. The maximum absolute atomic E-state index is 13.5. The Labute approximate surface area is 207 Å². The van der Waals surface area contributed by atoms with E-state index in [1.807, 2.05) is 60.7 Å². The summed E-state index contributed by atoms with van der Waals surface area (Å²) in [5, 5.41) is 10.3. The summed E-state index contributed by atoms with van der Waals surface area (Å²) in [4.78, 5) is 12.4. The van der Waals surface area contributed by atoms with Gasteiger partial charge in [-0.25, -0.2) is 4.79 Å². The Bertz CT molecular complexity index is 1040. The molecule has 0 amide bonds. The first-order chi connectivity index (χ1) is 17.0. The lowest BCUT2D eigenvalue weighted by Crippen LogP contribution is -2.62. The van der Waals surface area contributed by atoms with Gasteiger partial charge in [0.1, 0.15) is 29.3 Å². The Morgan fingerprint density at radius 1 is 1.03 bits per heavy atom. The quantitative estimate of drug-likeness (QED) is 0.523. The molecule has 0 aliphatic carbocycles. The van der Waals surface area contributed by atoms with Crippen LogP contribution < -0.4 is 0 Å². The monoisotopic (exact) mass is 502 g/mol. The molecule has 1 unspecified atom stereocenters. The number of aliphatic hydroxyl groups is 1. The molecule has 1 saturated heterocycles. The van der Waals surface area contributed by atoms with Crippen molar-refractivity contribution >= 4 is 16.8 Å². The Morgan fingerprint density at radius 3 is 2.29 bits per heavy atom.